The van der Waals surface area contributed by atoms with Crippen LogP contribution in [-0.2, 0) is 6.54 Å². The number of nitrogens with zero attached hydrogens (tertiary/aromatic N) is 2. The molecule has 0 spiro atoms. The summed E-state index contributed by atoms with van der Waals surface area (Å²) in [6.07, 6.45) is 1.60. The number of aromatic nitrogens is 2. The third kappa shape index (κ3) is 4.37. The van der Waals surface area contributed by atoms with Crippen molar-refractivity contribution >= 4 is 11.9 Å². The Morgan fingerprint density at radius 1 is 1.32 bits per heavy atom. The molecule has 1 aromatic heterocycles. The van der Waals surface area contributed by atoms with Gasteiger partial charge in [0.25, 0.3) is 5.91 Å². The minimum atomic E-state index is -0.282. The van der Waals surface area contributed by atoms with Gasteiger partial charge in [0, 0.05) is 18.8 Å². The monoisotopic (exact) mass is 300 g/mol. The highest BCUT2D eigenvalue weighted by Gasteiger charge is 2.09. The van der Waals surface area contributed by atoms with E-state index >= 15 is 0 Å². The highest BCUT2D eigenvalue weighted by Crippen LogP contribution is 2.08. The van der Waals surface area contributed by atoms with Crippen molar-refractivity contribution in [1.29, 1.82) is 0 Å². The molecule has 1 amide bonds. The van der Waals surface area contributed by atoms with Crippen molar-refractivity contribution < 1.29 is 9.18 Å². The third-order valence-electron chi connectivity index (χ3n) is 2.86. The first-order chi connectivity index (χ1) is 10.6. The molecule has 0 bridgehead atoms. The summed E-state index contributed by atoms with van der Waals surface area (Å²) in [5.41, 5.74) is 1.86. The Morgan fingerprint density at radius 3 is 2.73 bits per heavy atom. The van der Waals surface area contributed by atoms with Crippen molar-refractivity contribution in [2.75, 3.05) is 11.9 Å². The van der Waals surface area contributed by atoms with E-state index < -0.39 is 0 Å². The highest BCUT2D eigenvalue weighted by atomic mass is 19.1. The molecule has 0 saturated heterocycles. The number of nitrogens with one attached hydrogen (secondary N) is 2. The molecule has 2 N–H and O–H groups in total. The van der Waals surface area contributed by atoms with Crippen LogP contribution in [0.5, 0.6) is 0 Å². The van der Waals surface area contributed by atoms with E-state index in [2.05, 4.69) is 27.2 Å². The van der Waals surface area contributed by atoms with Crippen LogP contribution in [0.4, 0.5) is 10.3 Å². The maximum absolute atomic E-state index is 12.8. The van der Waals surface area contributed by atoms with Crippen molar-refractivity contribution in [2.45, 2.75) is 13.5 Å². The maximum atomic E-state index is 12.8. The molecular formula is C16H17FN4O. The SMILES string of the molecule is C=CCNC(=O)c1cc(C)nc(NCc2ccc(F)cc2)n1. The van der Waals surface area contributed by atoms with Crippen LogP contribution in [0.2, 0.25) is 0 Å². The Bertz CT molecular complexity index is 670. The Hall–Kier alpha value is -2.76. The van der Waals surface area contributed by atoms with E-state index in [9.17, 15) is 9.18 Å². The number of anilines is 1. The summed E-state index contributed by atoms with van der Waals surface area (Å²) in [7, 11) is 0. The summed E-state index contributed by atoms with van der Waals surface area (Å²) >= 11 is 0. The van der Waals surface area contributed by atoms with Gasteiger partial charge in [-0.15, -0.1) is 6.58 Å². The zero-order valence-corrected chi connectivity index (χ0v) is 12.3. The zero-order valence-electron chi connectivity index (χ0n) is 12.3. The molecule has 0 saturated carbocycles. The first-order valence-corrected chi connectivity index (χ1v) is 6.81. The molecular weight excluding hydrogens is 283 g/mol. The van der Waals surface area contributed by atoms with Gasteiger partial charge in [0.15, 0.2) is 0 Å². The predicted octanol–water partition coefficient (Wildman–Crippen LogP) is 2.45. The molecule has 22 heavy (non-hydrogen) atoms. The zero-order chi connectivity index (χ0) is 15.9. The molecule has 2 aromatic rings. The second kappa shape index (κ2) is 7.31. The van der Waals surface area contributed by atoms with E-state index in [0.29, 0.717) is 24.7 Å². The van der Waals surface area contributed by atoms with Gasteiger partial charge in [0.05, 0.1) is 0 Å². The standard InChI is InChI=1S/C16H17FN4O/c1-3-8-18-15(22)14-9-11(2)20-16(21-14)19-10-12-4-6-13(17)7-5-12/h3-7,9H,1,8,10H2,2H3,(H,18,22)(H,19,20,21). The lowest BCUT2D eigenvalue weighted by molar-refractivity contribution is 0.0953. The number of aryl methyl sites for hydroxylation is 1. The Balaban J connectivity index is 2.07. The number of hydrogen-bond donors (Lipinski definition) is 2. The third-order valence-corrected chi connectivity index (χ3v) is 2.86. The number of amides is 1. The summed E-state index contributed by atoms with van der Waals surface area (Å²) < 4.78 is 12.8. The van der Waals surface area contributed by atoms with E-state index in [0.717, 1.165) is 5.56 Å². The summed E-state index contributed by atoms with van der Waals surface area (Å²) in [4.78, 5) is 20.3. The van der Waals surface area contributed by atoms with Gasteiger partial charge in [-0.25, -0.2) is 14.4 Å². The normalized spacial score (nSPS) is 10.1. The van der Waals surface area contributed by atoms with Crippen molar-refractivity contribution in [3.05, 3.63) is 65.8 Å². The maximum Gasteiger partial charge on any atom is 0.270 e. The average Bonchev–Trinajstić information content (AvgIpc) is 2.51. The fourth-order valence-electron chi connectivity index (χ4n) is 1.80. The topological polar surface area (TPSA) is 66.9 Å². The first-order valence-electron chi connectivity index (χ1n) is 6.81. The predicted molar refractivity (Wildman–Crippen MR) is 83.0 cm³/mol. The molecule has 1 aromatic carbocycles. The van der Waals surface area contributed by atoms with Crippen LogP contribution in [0.15, 0.2) is 43.0 Å². The number of rotatable bonds is 6. The number of halogens is 1. The smallest absolute Gasteiger partial charge is 0.270 e. The molecule has 0 atom stereocenters. The fourth-order valence-corrected chi connectivity index (χ4v) is 1.80. The van der Waals surface area contributed by atoms with Crippen LogP contribution in [0.3, 0.4) is 0 Å². The molecule has 114 valence electrons. The van der Waals surface area contributed by atoms with Crippen molar-refractivity contribution in [1.82, 2.24) is 15.3 Å². The molecule has 0 unspecified atom stereocenters. The van der Waals surface area contributed by atoms with Crippen LogP contribution in [0.1, 0.15) is 21.7 Å². The largest absolute Gasteiger partial charge is 0.350 e. The van der Waals surface area contributed by atoms with Gasteiger partial charge >= 0.3 is 0 Å². The molecule has 0 aliphatic carbocycles. The van der Waals surface area contributed by atoms with Gasteiger partial charge < -0.3 is 10.6 Å². The van der Waals surface area contributed by atoms with Gasteiger partial charge in [-0.3, -0.25) is 4.79 Å². The minimum Gasteiger partial charge on any atom is -0.350 e. The van der Waals surface area contributed by atoms with E-state index in [1.54, 1.807) is 31.2 Å². The molecule has 6 heteroatoms. The summed E-state index contributed by atoms with van der Waals surface area (Å²) in [5.74, 6) is -0.208. The Labute approximate surface area is 128 Å². The van der Waals surface area contributed by atoms with Gasteiger partial charge in [-0.05, 0) is 30.7 Å². The fraction of sp³-hybridized carbons (Fsp3) is 0.188. The molecule has 0 fully saturated rings. The molecule has 0 aliphatic heterocycles. The second-order valence-electron chi connectivity index (χ2n) is 4.70. The second-order valence-corrected chi connectivity index (χ2v) is 4.70. The minimum absolute atomic E-state index is 0.281. The Kier molecular flexibility index (Phi) is 5.19. The van der Waals surface area contributed by atoms with E-state index in [-0.39, 0.29) is 17.4 Å². The lowest BCUT2D eigenvalue weighted by Gasteiger charge is -2.08. The lowest BCUT2D eigenvalue weighted by atomic mass is 10.2. The van der Waals surface area contributed by atoms with Crippen LogP contribution >= 0.6 is 0 Å². The number of benzene rings is 1. The summed E-state index contributed by atoms with van der Waals surface area (Å²) in [6.45, 7) is 6.15. The lowest BCUT2D eigenvalue weighted by Crippen LogP contribution is -2.25. The van der Waals surface area contributed by atoms with Crippen LogP contribution in [-0.4, -0.2) is 22.4 Å². The number of hydrogen-bond acceptors (Lipinski definition) is 4. The summed E-state index contributed by atoms with van der Waals surface area (Å²) in [5, 5.41) is 5.69. The summed E-state index contributed by atoms with van der Waals surface area (Å²) in [6, 6.07) is 7.75. The van der Waals surface area contributed by atoms with Crippen molar-refractivity contribution in [3.8, 4) is 0 Å². The van der Waals surface area contributed by atoms with Gasteiger partial charge in [0.2, 0.25) is 5.95 Å². The van der Waals surface area contributed by atoms with Gasteiger partial charge in [-0.1, -0.05) is 18.2 Å². The molecule has 1 heterocycles. The molecule has 5 nitrogen and oxygen atoms in total. The molecule has 2 rings (SSSR count). The van der Waals surface area contributed by atoms with Gasteiger partial charge in [-0.2, -0.15) is 0 Å². The Morgan fingerprint density at radius 2 is 2.05 bits per heavy atom. The number of carbonyl (C=O) groups excluding carboxylic acids is 1. The molecule has 0 aliphatic rings. The number of carbonyl (C=O) groups is 1. The van der Waals surface area contributed by atoms with Crippen LogP contribution in [0, 0.1) is 12.7 Å². The quantitative estimate of drug-likeness (QED) is 0.804. The van der Waals surface area contributed by atoms with E-state index in [1.807, 2.05) is 0 Å². The van der Waals surface area contributed by atoms with Crippen LogP contribution < -0.4 is 10.6 Å². The van der Waals surface area contributed by atoms with E-state index in [4.69, 9.17) is 0 Å². The van der Waals surface area contributed by atoms with E-state index in [1.165, 1.54) is 12.1 Å². The van der Waals surface area contributed by atoms with Crippen molar-refractivity contribution in [2.24, 2.45) is 0 Å². The van der Waals surface area contributed by atoms with Crippen molar-refractivity contribution in [3.63, 3.8) is 0 Å². The molecule has 0 radical (unpaired) electrons. The van der Waals surface area contributed by atoms with Gasteiger partial charge in [0.1, 0.15) is 11.5 Å². The first kappa shape index (κ1) is 15.6. The van der Waals surface area contributed by atoms with Crippen LogP contribution in [0.25, 0.3) is 0 Å². The highest BCUT2D eigenvalue weighted by molar-refractivity contribution is 5.92. The average molecular weight is 300 g/mol.